The van der Waals surface area contributed by atoms with E-state index >= 15 is 0 Å². The highest BCUT2D eigenvalue weighted by atomic mass is 32.1. The van der Waals surface area contributed by atoms with Gasteiger partial charge in [0.25, 0.3) is 0 Å². The summed E-state index contributed by atoms with van der Waals surface area (Å²) in [5.41, 5.74) is 1.74. The van der Waals surface area contributed by atoms with Gasteiger partial charge in [-0.3, -0.25) is 0 Å². The molecule has 0 N–H and O–H groups in total. The van der Waals surface area contributed by atoms with Crippen LogP contribution in [0.1, 0.15) is 23.9 Å². The molecule has 0 spiro atoms. The molecular weight excluding hydrogens is 362 g/mol. The molecule has 1 heterocycles. The zero-order chi connectivity index (χ0) is 19.1. The largest absolute Gasteiger partial charge is 0.493 e. The van der Waals surface area contributed by atoms with Gasteiger partial charge in [0.15, 0.2) is 11.5 Å². The van der Waals surface area contributed by atoms with Gasteiger partial charge in [0, 0.05) is 6.08 Å². The normalized spacial score (nSPS) is 11.0. The van der Waals surface area contributed by atoms with Crippen LogP contribution in [0.25, 0.3) is 16.3 Å². The number of rotatable bonds is 8. The first-order valence-corrected chi connectivity index (χ1v) is 9.51. The number of para-hydroxylation sites is 1. The van der Waals surface area contributed by atoms with Gasteiger partial charge >= 0.3 is 5.97 Å². The van der Waals surface area contributed by atoms with Crippen LogP contribution >= 0.6 is 11.3 Å². The number of ether oxygens (including phenoxy) is 3. The van der Waals surface area contributed by atoms with Crippen LogP contribution in [-0.2, 0) is 16.1 Å². The molecule has 140 valence electrons. The number of carbonyl (C=O) groups excluding carboxylic acids is 1. The Morgan fingerprint density at radius 3 is 2.81 bits per heavy atom. The molecule has 0 saturated carbocycles. The third kappa shape index (κ3) is 5.08. The van der Waals surface area contributed by atoms with Crippen molar-refractivity contribution in [3.8, 4) is 11.5 Å². The summed E-state index contributed by atoms with van der Waals surface area (Å²) < 4.78 is 17.3. The van der Waals surface area contributed by atoms with Gasteiger partial charge in [-0.25, -0.2) is 9.78 Å². The molecule has 3 rings (SSSR count). The van der Waals surface area contributed by atoms with E-state index in [4.69, 9.17) is 14.2 Å². The van der Waals surface area contributed by atoms with Crippen molar-refractivity contribution in [2.45, 2.75) is 20.0 Å². The number of nitrogens with zero attached hydrogens (tertiary/aromatic N) is 1. The summed E-state index contributed by atoms with van der Waals surface area (Å²) in [6.45, 7) is 2.84. The Kier molecular flexibility index (Phi) is 6.44. The van der Waals surface area contributed by atoms with Gasteiger partial charge in [-0.2, -0.15) is 0 Å². The average Bonchev–Trinajstić information content (AvgIpc) is 3.12. The van der Waals surface area contributed by atoms with E-state index in [9.17, 15) is 4.79 Å². The Bertz CT molecular complexity index is 915. The lowest BCUT2D eigenvalue weighted by Gasteiger charge is -2.10. The molecule has 0 fully saturated rings. The van der Waals surface area contributed by atoms with Gasteiger partial charge in [0.2, 0.25) is 0 Å². The first-order chi connectivity index (χ1) is 13.2. The SMILES string of the molecule is CCCOc1ccc(C=CC(=O)OCc2nc3ccccc3s2)cc1OC. The number of hydrogen-bond acceptors (Lipinski definition) is 6. The molecule has 27 heavy (non-hydrogen) atoms. The first-order valence-electron chi connectivity index (χ1n) is 8.69. The maximum atomic E-state index is 12.0. The lowest BCUT2D eigenvalue weighted by atomic mass is 10.2. The summed E-state index contributed by atoms with van der Waals surface area (Å²) in [7, 11) is 1.59. The van der Waals surface area contributed by atoms with Gasteiger partial charge in [-0.15, -0.1) is 11.3 Å². The Morgan fingerprint density at radius 1 is 1.19 bits per heavy atom. The van der Waals surface area contributed by atoms with Crippen LogP contribution in [0.2, 0.25) is 0 Å². The molecule has 0 unspecified atom stereocenters. The minimum absolute atomic E-state index is 0.162. The van der Waals surface area contributed by atoms with Crippen molar-refractivity contribution in [2.24, 2.45) is 0 Å². The molecule has 0 atom stereocenters. The Labute approximate surface area is 162 Å². The highest BCUT2D eigenvalue weighted by molar-refractivity contribution is 7.18. The smallest absolute Gasteiger partial charge is 0.331 e. The van der Waals surface area contributed by atoms with Gasteiger partial charge in [0.05, 0.1) is 23.9 Å². The van der Waals surface area contributed by atoms with Crippen molar-refractivity contribution in [1.29, 1.82) is 0 Å². The molecule has 0 aliphatic heterocycles. The van der Waals surface area contributed by atoms with Crippen LogP contribution in [0.5, 0.6) is 11.5 Å². The second-order valence-corrected chi connectivity index (χ2v) is 6.89. The standard InChI is InChI=1S/C21H21NO4S/c1-3-12-25-17-10-8-15(13-18(17)24-2)9-11-21(23)26-14-20-22-16-6-4-5-7-19(16)27-20/h4-11,13H,3,12,14H2,1-2H3. The number of esters is 1. The van der Waals surface area contributed by atoms with E-state index in [-0.39, 0.29) is 6.61 Å². The first kappa shape index (κ1) is 18.9. The van der Waals surface area contributed by atoms with Crippen molar-refractivity contribution in [1.82, 2.24) is 4.98 Å². The minimum atomic E-state index is -0.417. The van der Waals surface area contributed by atoms with Gasteiger partial charge < -0.3 is 14.2 Å². The highest BCUT2D eigenvalue weighted by Gasteiger charge is 2.07. The fraction of sp³-hybridized carbons (Fsp3) is 0.238. The van der Waals surface area contributed by atoms with E-state index in [0.717, 1.165) is 27.2 Å². The Morgan fingerprint density at radius 2 is 2.04 bits per heavy atom. The van der Waals surface area contributed by atoms with Crippen LogP contribution in [-0.4, -0.2) is 24.7 Å². The third-order valence-corrected chi connectivity index (χ3v) is 4.75. The molecule has 3 aromatic rings. The van der Waals surface area contributed by atoms with Crippen LogP contribution in [0, 0.1) is 0 Å². The van der Waals surface area contributed by atoms with Crippen molar-refractivity contribution < 1.29 is 19.0 Å². The lowest BCUT2D eigenvalue weighted by molar-refractivity contribution is -0.138. The average molecular weight is 383 g/mol. The predicted octanol–water partition coefficient (Wildman–Crippen LogP) is 4.85. The summed E-state index contributed by atoms with van der Waals surface area (Å²) in [4.78, 5) is 16.4. The van der Waals surface area contributed by atoms with Crippen molar-refractivity contribution in [3.63, 3.8) is 0 Å². The summed E-state index contributed by atoms with van der Waals surface area (Å²) in [5, 5.41) is 0.775. The molecule has 0 aliphatic rings. The molecule has 0 saturated heterocycles. The highest BCUT2D eigenvalue weighted by Crippen LogP contribution is 2.28. The fourth-order valence-electron chi connectivity index (χ4n) is 2.45. The minimum Gasteiger partial charge on any atom is -0.493 e. The van der Waals surface area contributed by atoms with Crippen molar-refractivity contribution >= 4 is 33.6 Å². The zero-order valence-electron chi connectivity index (χ0n) is 15.3. The molecular formula is C21H21NO4S. The summed E-state index contributed by atoms with van der Waals surface area (Å²) in [6.07, 6.45) is 4.01. The number of carbonyl (C=O) groups is 1. The summed E-state index contributed by atoms with van der Waals surface area (Å²) in [5.74, 6) is 0.905. The van der Waals surface area contributed by atoms with Crippen molar-refractivity contribution in [3.05, 3.63) is 59.1 Å². The van der Waals surface area contributed by atoms with Crippen LogP contribution < -0.4 is 9.47 Å². The van der Waals surface area contributed by atoms with Crippen molar-refractivity contribution in [2.75, 3.05) is 13.7 Å². The molecule has 0 radical (unpaired) electrons. The summed E-state index contributed by atoms with van der Waals surface area (Å²) in [6, 6.07) is 13.4. The van der Waals surface area contributed by atoms with Crippen LogP contribution in [0.15, 0.2) is 48.5 Å². The number of fused-ring (bicyclic) bond motifs is 1. The molecule has 6 heteroatoms. The van der Waals surface area contributed by atoms with Gasteiger partial charge in [0.1, 0.15) is 11.6 Å². The molecule has 0 aliphatic carbocycles. The molecule has 5 nitrogen and oxygen atoms in total. The summed E-state index contributed by atoms with van der Waals surface area (Å²) >= 11 is 1.52. The van der Waals surface area contributed by atoms with E-state index in [1.54, 1.807) is 13.2 Å². The molecule has 1 aromatic heterocycles. The molecule has 2 aromatic carbocycles. The van der Waals surface area contributed by atoms with E-state index in [1.807, 2.05) is 49.4 Å². The van der Waals surface area contributed by atoms with Crippen LogP contribution in [0.3, 0.4) is 0 Å². The second-order valence-electron chi connectivity index (χ2n) is 5.78. The number of hydrogen-bond donors (Lipinski definition) is 0. The maximum Gasteiger partial charge on any atom is 0.331 e. The third-order valence-electron chi connectivity index (χ3n) is 3.74. The molecule has 0 amide bonds. The predicted molar refractivity (Wildman–Crippen MR) is 107 cm³/mol. The van der Waals surface area contributed by atoms with E-state index in [1.165, 1.54) is 17.4 Å². The Balaban J connectivity index is 1.59. The van der Waals surface area contributed by atoms with E-state index in [0.29, 0.717) is 18.1 Å². The van der Waals surface area contributed by atoms with E-state index < -0.39 is 5.97 Å². The van der Waals surface area contributed by atoms with E-state index in [2.05, 4.69) is 4.98 Å². The Hall–Kier alpha value is -2.86. The number of methoxy groups -OCH3 is 1. The lowest BCUT2D eigenvalue weighted by Crippen LogP contribution is -2.00. The second kappa shape index (κ2) is 9.19. The zero-order valence-corrected chi connectivity index (χ0v) is 16.1. The van der Waals surface area contributed by atoms with Gasteiger partial charge in [-0.05, 0) is 42.3 Å². The maximum absolute atomic E-state index is 12.0. The topological polar surface area (TPSA) is 57.7 Å². The number of thiazole rings is 1. The number of benzene rings is 2. The fourth-order valence-corrected chi connectivity index (χ4v) is 3.33. The quantitative estimate of drug-likeness (QED) is 0.411. The number of aromatic nitrogens is 1. The van der Waals surface area contributed by atoms with Gasteiger partial charge in [-0.1, -0.05) is 25.1 Å². The van der Waals surface area contributed by atoms with Crippen LogP contribution in [0.4, 0.5) is 0 Å². The monoisotopic (exact) mass is 383 g/mol. The molecule has 0 bridgehead atoms.